The minimum Gasteiger partial charge on any atom is -0.468 e. The number of methoxy groups -OCH3 is 1. The van der Waals surface area contributed by atoms with E-state index in [1.807, 2.05) is 0 Å². The molecule has 0 N–H and O–H groups in total. The first-order valence-electron chi connectivity index (χ1n) is 9.27. The Morgan fingerprint density at radius 2 is 1.90 bits per heavy atom. The fourth-order valence-electron chi connectivity index (χ4n) is 3.31. The van der Waals surface area contributed by atoms with Crippen molar-refractivity contribution >= 4 is 46.6 Å². The molecule has 0 saturated carbocycles. The molecule has 1 heterocycles. The van der Waals surface area contributed by atoms with Crippen molar-refractivity contribution in [3.63, 3.8) is 0 Å². The van der Waals surface area contributed by atoms with Crippen LogP contribution in [0.25, 0.3) is 0 Å². The minimum atomic E-state index is -0.915. The average molecular weight is 456 g/mol. The van der Waals surface area contributed by atoms with Gasteiger partial charge >= 0.3 is 11.9 Å². The molecular weight excluding hydrogens is 433 g/mol. The number of carbonyl (C=O) groups excluding carboxylic acids is 3. The Morgan fingerprint density at radius 3 is 2.50 bits per heavy atom. The second-order valence-electron chi connectivity index (χ2n) is 6.65. The summed E-state index contributed by atoms with van der Waals surface area (Å²) in [6.45, 7) is 4.56. The van der Waals surface area contributed by atoms with Crippen LogP contribution >= 0.6 is 23.2 Å². The summed E-state index contributed by atoms with van der Waals surface area (Å²) in [7, 11) is 1.26. The summed E-state index contributed by atoms with van der Waals surface area (Å²) in [5.41, 5.74) is 1.25. The number of rotatable bonds is 8. The van der Waals surface area contributed by atoms with Crippen molar-refractivity contribution < 1.29 is 28.6 Å². The summed E-state index contributed by atoms with van der Waals surface area (Å²) in [4.78, 5) is 41.3. The Kier molecular flexibility index (Phi) is 8.58. The first-order chi connectivity index (χ1) is 14.2. The van der Waals surface area contributed by atoms with Crippen LogP contribution in [0.15, 0.2) is 34.5 Å². The minimum absolute atomic E-state index is 0.116. The van der Waals surface area contributed by atoms with Crippen LogP contribution in [-0.2, 0) is 28.6 Å². The number of nitrogens with zero attached hydrogens (tertiary/aromatic N) is 1. The zero-order chi connectivity index (χ0) is 22.4. The zero-order valence-corrected chi connectivity index (χ0v) is 18.7. The molecule has 0 aliphatic carbocycles. The lowest BCUT2D eigenvalue weighted by atomic mass is 9.75. The molecule has 9 heteroatoms. The molecule has 0 radical (unpaired) electrons. The van der Waals surface area contributed by atoms with E-state index in [4.69, 9.17) is 37.4 Å². The van der Waals surface area contributed by atoms with Gasteiger partial charge in [-0.3, -0.25) is 14.6 Å². The molecule has 30 heavy (non-hydrogen) atoms. The molecule has 7 nitrogen and oxygen atoms in total. The molecule has 0 bridgehead atoms. The highest BCUT2D eigenvalue weighted by molar-refractivity contribution is 6.42. The van der Waals surface area contributed by atoms with Crippen molar-refractivity contribution in [1.29, 1.82) is 0 Å². The normalized spacial score (nSPS) is 18.7. The van der Waals surface area contributed by atoms with Gasteiger partial charge in [0, 0.05) is 11.6 Å². The molecule has 1 aromatic rings. The van der Waals surface area contributed by atoms with E-state index in [-0.39, 0.29) is 46.9 Å². The summed E-state index contributed by atoms with van der Waals surface area (Å²) >= 11 is 12.7. The van der Waals surface area contributed by atoms with E-state index in [0.717, 1.165) is 0 Å². The van der Waals surface area contributed by atoms with Gasteiger partial charge in [0.25, 0.3) is 0 Å². The molecule has 0 fully saturated rings. The fourth-order valence-corrected chi connectivity index (χ4v) is 3.74. The van der Waals surface area contributed by atoms with Crippen LogP contribution in [-0.4, -0.2) is 50.4 Å². The van der Waals surface area contributed by atoms with Gasteiger partial charge in [-0.1, -0.05) is 35.3 Å². The SMILES string of the molecule is CCOC(=O)C1=C(COCC(C)=O)N=C(C)C(C(=O)OC)C1c1cccc(Cl)c1Cl. The van der Waals surface area contributed by atoms with Crippen LogP contribution in [0, 0.1) is 5.92 Å². The Morgan fingerprint density at radius 1 is 1.20 bits per heavy atom. The Hall–Kier alpha value is -2.22. The van der Waals surface area contributed by atoms with Crippen molar-refractivity contribution in [2.75, 3.05) is 26.9 Å². The van der Waals surface area contributed by atoms with Crippen LogP contribution in [0.4, 0.5) is 0 Å². The highest BCUT2D eigenvalue weighted by atomic mass is 35.5. The number of Topliss-reactive ketones (excluding diaryl/α,β-unsaturated/α-hetero) is 1. The van der Waals surface area contributed by atoms with Gasteiger partial charge in [-0.2, -0.15) is 0 Å². The second kappa shape index (κ2) is 10.7. The number of aliphatic imine (C=N–C) groups is 1. The quantitative estimate of drug-likeness (QED) is 0.554. The number of esters is 2. The predicted octanol–water partition coefficient (Wildman–Crippen LogP) is 3.76. The molecule has 1 aliphatic heterocycles. The standard InChI is InChI=1S/C21H23Cl2NO6/c1-5-30-21(27)18-15(10-29-9-11(2)25)24-12(3)16(20(26)28-4)17(18)13-7-6-8-14(22)19(13)23/h6-8,16-17H,5,9-10H2,1-4H3. The molecule has 0 saturated heterocycles. The van der Waals surface area contributed by atoms with Gasteiger partial charge in [-0.25, -0.2) is 4.79 Å². The number of hydrogen-bond donors (Lipinski definition) is 0. The molecule has 2 unspecified atom stereocenters. The van der Waals surface area contributed by atoms with Crippen LogP contribution < -0.4 is 0 Å². The molecule has 0 aromatic heterocycles. The van der Waals surface area contributed by atoms with Gasteiger partial charge in [0.15, 0.2) is 5.78 Å². The number of benzene rings is 1. The lowest BCUT2D eigenvalue weighted by Gasteiger charge is -2.32. The van der Waals surface area contributed by atoms with Crippen LogP contribution in [0.3, 0.4) is 0 Å². The number of ether oxygens (including phenoxy) is 3. The molecule has 0 amide bonds. The summed E-state index contributed by atoms with van der Waals surface area (Å²) in [5, 5.41) is 0.481. The van der Waals surface area contributed by atoms with E-state index in [0.29, 0.717) is 11.3 Å². The first-order valence-corrected chi connectivity index (χ1v) is 10.0. The number of carbonyl (C=O) groups is 3. The van der Waals surface area contributed by atoms with Gasteiger partial charge in [-0.05, 0) is 32.4 Å². The van der Waals surface area contributed by atoms with Crippen LogP contribution in [0.1, 0.15) is 32.3 Å². The van der Waals surface area contributed by atoms with Gasteiger partial charge < -0.3 is 14.2 Å². The molecular formula is C21H23Cl2NO6. The lowest BCUT2D eigenvalue weighted by Crippen LogP contribution is -2.37. The summed E-state index contributed by atoms with van der Waals surface area (Å²) in [6.07, 6.45) is 0. The maximum Gasteiger partial charge on any atom is 0.336 e. The molecule has 2 atom stereocenters. The molecule has 1 aliphatic rings. The topological polar surface area (TPSA) is 91.3 Å². The van der Waals surface area contributed by atoms with E-state index in [9.17, 15) is 14.4 Å². The van der Waals surface area contributed by atoms with Crippen molar-refractivity contribution in [2.24, 2.45) is 10.9 Å². The average Bonchev–Trinajstić information content (AvgIpc) is 2.69. The first kappa shape index (κ1) is 24.1. The number of halogens is 2. The highest BCUT2D eigenvalue weighted by Crippen LogP contribution is 2.44. The maximum absolute atomic E-state index is 12.9. The molecule has 2 rings (SSSR count). The van der Waals surface area contributed by atoms with Crippen LogP contribution in [0.2, 0.25) is 10.0 Å². The van der Waals surface area contributed by atoms with Crippen molar-refractivity contribution in [3.8, 4) is 0 Å². The third-order valence-corrected chi connectivity index (χ3v) is 5.36. The van der Waals surface area contributed by atoms with E-state index in [2.05, 4.69) is 4.99 Å². The smallest absolute Gasteiger partial charge is 0.336 e. The van der Waals surface area contributed by atoms with Gasteiger partial charge in [-0.15, -0.1) is 0 Å². The van der Waals surface area contributed by atoms with Gasteiger partial charge in [0.2, 0.25) is 0 Å². The largest absolute Gasteiger partial charge is 0.468 e. The molecule has 0 spiro atoms. The number of ketones is 1. The Balaban J connectivity index is 2.71. The monoisotopic (exact) mass is 455 g/mol. The lowest BCUT2D eigenvalue weighted by molar-refractivity contribution is -0.144. The van der Waals surface area contributed by atoms with Crippen molar-refractivity contribution in [2.45, 2.75) is 26.7 Å². The van der Waals surface area contributed by atoms with E-state index < -0.39 is 23.8 Å². The van der Waals surface area contributed by atoms with Crippen molar-refractivity contribution in [3.05, 3.63) is 45.1 Å². The fraction of sp³-hybridized carbons (Fsp3) is 0.429. The molecule has 1 aromatic carbocycles. The summed E-state index contributed by atoms with van der Waals surface area (Å²) < 4.78 is 15.6. The Labute approximate surface area is 185 Å². The Bertz CT molecular complexity index is 909. The van der Waals surface area contributed by atoms with E-state index in [1.165, 1.54) is 14.0 Å². The third kappa shape index (κ3) is 5.28. The van der Waals surface area contributed by atoms with Gasteiger partial charge in [0.1, 0.15) is 12.5 Å². The summed E-state index contributed by atoms with van der Waals surface area (Å²) in [6, 6.07) is 4.96. The third-order valence-electron chi connectivity index (χ3n) is 4.53. The number of hydrogen-bond acceptors (Lipinski definition) is 7. The van der Waals surface area contributed by atoms with Gasteiger partial charge in [0.05, 0.1) is 41.6 Å². The highest BCUT2D eigenvalue weighted by Gasteiger charge is 2.44. The summed E-state index contributed by atoms with van der Waals surface area (Å²) in [5.74, 6) is -3.18. The van der Waals surface area contributed by atoms with Crippen LogP contribution in [0.5, 0.6) is 0 Å². The molecule has 162 valence electrons. The predicted molar refractivity (Wildman–Crippen MR) is 113 cm³/mol. The second-order valence-corrected chi connectivity index (χ2v) is 7.44. The van der Waals surface area contributed by atoms with E-state index in [1.54, 1.807) is 32.0 Å². The van der Waals surface area contributed by atoms with E-state index >= 15 is 0 Å². The van der Waals surface area contributed by atoms with Crippen molar-refractivity contribution in [1.82, 2.24) is 0 Å². The zero-order valence-electron chi connectivity index (χ0n) is 17.2. The maximum atomic E-state index is 12.9.